The molecule has 0 atom stereocenters. The molecule has 1 aliphatic heterocycles. The lowest BCUT2D eigenvalue weighted by Crippen LogP contribution is -2.52. The van der Waals surface area contributed by atoms with Crippen molar-refractivity contribution >= 4 is 15.9 Å². The van der Waals surface area contributed by atoms with Crippen molar-refractivity contribution in [2.24, 2.45) is 5.41 Å². The van der Waals surface area contributed by atoms with Crippen molar-refractivity contribution in [3.05, 3.63) is 28.2 Å². The Morgan fingerprint density at radius 1 is 1.47 bits per heavy atom. The van der Waals surface area contributed by atoms with E-state index in [9.17, 15) is 0 Å². The second kappa shape index (κ2) is 4.14. The highest BCUT2D eigenvalue weighted by Crippen LogP contribution is 2.31. The van der Waals surface area contributed by atoms with Crippen LogP contribution in [0.15, 0.2) is 22.7 Å². The van der Waals surface area contributed by atoms with Gasteiger partial charge in [-0.05, 0) is 45.5 Å². The normalized spacial score (nSPS) is 18.3. The second-order valence-corrected chi connectivity index (χ2v) is 5.41. The van der Waals surface area contributed by atoms with Crippen molar-refractivity contribution in [3.63, 3.8) is 0 Å². The monoisotopic (exact) mass is 269 g/mol. The maximum atomic E-state index is 5.21. The number of methoxy groups -OCH3 is 1. The van der Waals surface area contributed by atoms with E-state index >= 15 is 0 Å². The van der Waals surface area contributed by atoms with Gasteiger partial charge in [0.25, 0.3) is 0 Å². The van der Waals surface area contributed by atoms with Crippen LogP contribution in [-0.2, 0) is 6.42 Å². The number of benzene rings is 1. The molecule has 0 aliphatic carbocycles. The average Bonchev–Trinajstić information content (AvgIpc) is 2.16. The molecule has 2 nitrogen and oxygen atoms in total. The van der Waals surface area contributed by atoms with Crippen molar-refractivity contribution in [3.8, 4) is 5.75 Å². The fourth-order valence-electron chi connectivity index (χ4n) is 1.99. The van der Waals surface area contributed by atoms with Crippen LogP contribution in [0.4, 0.5) is 0 Å². The SMILES string of the molecule is COc1ccc(CC2(C)CNC2)cc1Br. The molecule has 0 saturated carbocycles. The van der Waals surface area contributed by atoms with Crippen LogP contribution < -0.4 is 10.1 Å². The van der Waals surface area contributed by atoms with E-state index in [-0.39, 0.29) is 0 Å². The Hall–Kier alpha value is -0.540. The molecule has 1 heterocycles. The molecular weight excluding hydrogens is 254 g/mol. The molecule has 0 aromatic heterocycles. The number of ether oxygens (including phenoxy) is 1. The molecule has 2 rings (SSSR count). The number of nitrogens with one attached hydrogen (secondary N) is 1. The Morgan fingerprint density at radius 2 is 2.20 bits per heavy atom. The molecule has 0 amide bonds. The summed E-state index contributed by atoms with van der Waals surface area (Å²) in [6.45, 7) is 4.56. The van der Waals surface area contributed by atoms with Crippen molar-refractivity contribution in [2.75, 3.05) is 20.2 Å². The first-order valence-electron chi connectivity index (χ1n) is 5.16. The lowest BCUT2D eigenvalue weighted by molar-refractivity contribution is 0.195. The van der Waals surface area contributed by atoms with E-state index in [2.05, 4.69) is 40.3 Å². The second-order valence-electron chi connectivity index (χ2n) is 4.56. The van der Waals surface area contributed by atoms with E-state index in [1.54, 1.807) is 7.11 Å². The van der Waals surface area contributed by atoms with Crippen molar-refractivity contribution in [1.29, 1.82) is 0 Å². The van der Waals surface area contributed by atoms with E-state index in [0.29, 0.717) is 5.41 Å². The van der Waals surface area contributed by atoms with Gasteiger partial charge < -0.3 is 10.1 Å². The van der Waals surface area contributed by atoms with E-state index in [1.165, 1.54) is 5.56 Å². The number of halogens is 1. The van der Waals surface area contributed by atoms with E-state index in [1.807, 2.05) is 6.07 Å². The zero-order chi connectivity index (χ0) is 10.9. The maximum absolute atomic E-state index is 5.21. The largest absolute Gasteiger partial charge is 0.496 e. The highest BCUT2D eigenvalue weighted by molar-refractivity contribution is 9.10. The molecule has 0 spiro atoms. The highest BCUT2D eigenvalue weighted by atomic mass is 79.9. The average molecular weight is 270 g/mol. The van der Waals surface area contributed by atoms with Crippen LogP contribution in [-0.4, -0.2) is 20.2 Å². The zero-order valence-corrected chi connectivity index (χ0v) is 10.7. The molecule has 0 bridgehead atoms. The van der Waals surface area contributed by atoms with Gasteiger partial charge in [-0.1, -0.05) is 13.0 Å². The molecule has 1 fully saturated rings. The van der Waals surface area contributed by atoms with Crippen LogP contribution in [0.1, 0.15) is 12.5 Å². The molecule has 1 aromatic carbocycles. The van der Waals surface area contributed by atoms with Crippen LogP contribution in [0, 0.1) is 5.41 Å². The standard InChI is InChI=1S/C12H16BrNO/c1-12(7-14-8-12)6-9-3-4-11(15-2)10(13)5-9/h3-5,14H,6-8H2,1-2H3. The van der Waals surface area contributed by atoms with Gasteiger partial charge in [0.05, 0.1) is 11.6 Å². The number of hydrogen-bond donors (Lipinski definition) is 1. The Kier molecular flexibility index (Phi) is 3.03. The highest BCUT2D eigenvalue weighted by Gasteiger charge is 2.31. The first kappa shape index (κ1) is 11.0. The summed E-state index contributed by atoms with van der Waals surface area (Å²) in [5.74, 6) is 0.899. The van der Waals surface area contributed by atoms with Crippen LogP contribution in [0.2, 0.25) is 0 Å². The summed E-state index contributed by atoms with van der Waals surface area (Å²) in [6, 6.07) is 6.32. The van der Waals surface area contributed by atoms with E-state index < -0.39 is 0 Å². The Morgan fingerprint density at radius 3 is 2.67 bits per heavy atom. The predicted molar refractivity (Wildman–Crippen MR) is 65.4 cm³/mol. The topological polar surface area (TPSA) is 21.3 Å². The van der Waals surface area contributed by atoms with Gasteiger partial charge in [-0.25, -0.2) is 0 Å². The number of hydrogen-bond acceptors (Lipinski definition) is 2. The molecule has 1 aromatic rings. The first-order chi connectivity index (χ1) is 7.13. The van der Waals surface area contributed by atoms with Crippen LogP contribution >= 0.6 is 15.9 Å². The third-order valence-electron chi connectivity index (χ3n) is 2.95. The quantitative estimate of drug-likeness (QED) is 0.911. The van der Waals surface area contributed by atoms with Crippen molar-refractivity contribution in [1.82, 2.24) is 5.32 Å². The molecule has 1 aliphatic rings. The van der Waals surface area contributed by atoms with Gasteiger partial charge in [-0.3, -0.25) is 0 Å². The first-order valence-corrected chi connectivity index (χ1v) is 5.95. The molecular formula is C12H16BrNO. The molecule has 0 radical (unpaired) electrons. The van der Waals surface area contributed by atoms with Crippen LogP contribution in [0.3, 0.4) is 0 Å². The number of rotatable bonds is 3. The molecule has 1 N–H and O–H groups in total. The van der Waals surface area contributed by atoms with Crippen LogP contribution in [0.5, 0.6) is 5.75 Å². The van der Waals surface area contributed by atoms with Gasteiger partial charge in [0, 0.05) is 13.1 Å². The summed E-state index contributed by atoms with van der Waals surface area (Å²) in [5.41, 5.74) is 1.81. The summed E-state index contributed by atoms with van der Waals surface area (Å²) in [7, 11) is 1.69. The van der Waals surface area contributed by atoms with Gasteiger partial charge in [-0.15, -0.1) is 0 Å². The molecule has 1 saturated heterocycles. The van der Waals surface area contributed by atoms with Gasteiger partial charge >= 0.3 is 0 Å². The summed E-state index contributed by atoms with van der Waals surface area (Å²) < 4.78 is 6.25. The van der Waals surface area contributed by atoms with Gasteiger partial charge in [0.1, 0.15) is 5.75 Å². The summed E-state index contributed by atoms with van der Waals surface area (Å²) in [5, 5.41) is 3.32. The lowest BCUT2D eigenvalue weighted by Gasteiger charge is -2.39. The molecule has 15 heavy (non-hydrogen) atoms. The maximum Gasteiger partial charge on any atom is 0.133 e. The molecule has 82 valence electrons. The summed E-state index contributed by atoms with van der Waals surface area (Å²) in [6.07, 6.45) is 1.13. The predicted octanol–water partition coefficient (Wildman–Crippen LogP) is 2.61. The zero-order valence-electron chi connectivity index (χ0n) is 9.14. The fourth-order valence-corrected chi connectivity index (χ4v) is 2.58. The Bertz CT molecular complexity index is 361. The van der Waals surface area contributed by atoms with E-state index in [4.69, 9.17) is 4.74 Å². The summed E-state index contributed by atoms with van der Waals surface area (Å²) in [4.78, 5) is 0. The molecule has 3 heteroatoms. The van der Waals surface area contributed by atoms with Gasteiger partial charge in [0.15, 0.2) is 0 Å². The third-order valence-corrected chi connectivity index (χ3v) is 3.57. The van der Waals surface area contributed by atoms with Crippen molar-refractivity contribution < 1.29 is 4.74 Å². The smallest absolute Gasteiger partial charge is 0.133 e. The summed E-state index contributed by atoms with van der Waals surface area (Å²) >= 11 is 3.51. The third kappa shape index (κ3) is 2.34. The van der Waals surface area contributed by atoms with E-state index in [0.717, 1.165) is 29.7 Å². The Labute approximate surface area is 99.1 Å². The minimum absolute atomic E-state index is 0.439. The fraction of sp³-hybridized carbons (Fsp3) is 0.500. The van der Waals surface area contributed by atoms with Crippen molar-refractivity contribution in [2.45, 2.75) is 13.3 Å². The molecule has 0 unspecified atom stereocenters. The van der Waals surface area contributed by atoms with Gasteiger partial charge in [-0.2, -0.15) is 0 Å². The lowest BCUT2D eigenvalue weighted by atomic mass is 9.78. The minimum Gasteiger partial charge on any atom is -0.496 e. The van der Waals surface area contributed by atoms with Gasteiger partial charge in [0.2, 0.25) is 0 Å². The Balaban J connectivity index is 2.12. The minimum atomic E-state index is 0.439. The van der Waals surface area contributed by atoms with Crippen LogP contribution in [0.25, 0.3) is 0 Å².